The molecular formula is C10H13O3. The van der Waals surface area contributed by atoms with E-state index in [1.165, 1.54) is 6.92 Å². The number of ether oxygens (including phenoxy) is 1. The molecule has 13 heavy (non-hydrogen) atoms. The second kappa shape index (κ2) is 4.61. The molecule has 1 aliphatic carbocycles. The maximum absolute atomic E-state index is 10.7. The molecule has 0 saturated heterocycles. The number of hydrogen-bond acceptors (Lipinski definition) is 3. The van der Waals surface area contributed by atoms with Crippen LogP contribution in [0.15, 0.2) is 0 Å². The zero-order valence-corrected chi connectivity index (χ0v) is 7.78. The lowest BCUT2D eigenvalue weighted by Gasteiger charge is -2.22. The Hall–Kier alpha value is -0.570. The van der Waals surface area contributed by atoms with Crippen molar-refractivity contribution >= 4 is 5.97 Å². The first-order valence-electron chi connectivity index (χ1n) is 4.17. The fourth-order valence-electron chi connectivity index (χ4n) is 1.32. The number of carbonyl (C=O) groups excluding carboxylic acids is 1. The number of hydrogen-bond donors (Lipinski definition) is 1. The van der Waals surface area contributed by atoms with Crippen LogP contribution in [-0.2, 0) is 9.53 Å². The minimum atomic E-state index is -0.308. The second-order valence-corrected chi connectivity index (χ2v) is 2.92. The summed E-state index contributed by atoms with van der Waals surface area (Å²) in [6.07, 6.45) is 5.21. The number of carbonyl (C=O) groups is 1. The van der Waals surface area contributed by atoms with Crippen LogP contribution in [0.25, 0.3) is 0 Å². The summed E-state index contributed by atoms with van der Waals surface area (Å²) in [6.45, 7) is 3.14. The van der Waals surface area contributed by atoms with Crippen LogP contribution < -0.4 is 0 Å². The Morgan fingerprint density at radius 2 is 2.31 bits per heavy atom. The Bertz CT molecular complexity index is 179. The van der Waals surface area contributed by atoms with Gasteiger partial charge < -0.3 is 9.84 Å². The maximum atomic E-state index is 10.7. The lowest BCUT2D eigenvalue weighted by atomic mass is 9.92. The monoisotopic (exact) mass is 181 g/mol. The van der Waals surface area contributed by atoms with Crippen molar-refractivity contribution in [1.82, 2.24) is 0 Å². The summed E-state index contributed by atoms with van der Waals surface area (Å²) in [7, 11) is 0. The topological polar surface area (TPSA) is 46.5 Å². The Balaban J connectivity index is 2.44. The summed E-state index contributed by atoms with van der Waals surface area (Å²) in [5.41, 5.74) is 0. The first-order valence-corrected chi connectivity index (χ1v) is 4.17. The molecule has 0 bridgehead atoms. The van der Waals surface area contributed by atoms with Crippen LogP contribution in [0.4, 0.5) is 0 Å². The predicted octanol–water partition coefficient (Wildman–Crippen LogP) is 0.706. The molecule has 0 aromatic rings. The molecule has 3 heteroatoms. The van der Waals surface area contributed by atoms with Crippen molar-refractivity contribution in [3.05, 3.63) is 31.1 Å². The lowest BCUT2D eigenvalue weighted by molar-refractivity contribution is -0.144. The Kier molecular flexibility index (Phi) is 3.72. The molecule has 0 aromatic carbocycles. The van der Waals surface area contributed by atoms with Crippen molar-refractivity contribution in [3.63, 3.8) is 0 Å². The molecule has 1 fully saturated rings. The predicted molar refractivity (Wildman–Crippen MR) is 47.7 cm³/mol. The smallest absolute Gasteiger partial charge is 0.302 e. The number of aliphatic hydroxyl groups excluding tert-OH is 1. The van der Waals surface area contributed by atoms with Crippen molar-refractivity contribution in [2.24, 2.45) is 0 Å². The van der Waals surface area contributed by atoms with Gasteiger partial charge in [-0.1, -0.05) is 0 Å². The summed E-state index contributed by atoms with van der Waals surface area (Å²) in [6, 6.07) is 0. The van der Waals surface area contributed by atoms with Crippen molar-refractivity contribution < 1.29 is 14.6 Å². The van der Waals surface area contributed by atoms with E-state index < -0.39 is 0 Å². The zero-order chi connectivity index (χ0) is 9.84. The fourth-order valence-corrected chi connectivity index (χ4v) is 1.32. The van der Waals surface area contributed by atoms with Gasteiger partial charge in [-0.15, -0.1) is 0 Å². The quantitative estimate of drug-likeness (QED) is 0.652. The molecule has 0 aliphatic heterocycles. The first-order chi connectivity index (χ1) is 6.15. The average Bonchev–Trinajstić information content (AvgIpc) is 2.49. The van der Waals surface area contributed by atoms with Crippen LogP contribution in [0, 0.1) is 31.1 Å². The van der Waals surface area contributed by atoms with Crippen molar-refractivity contribution in [1.29, 1.82) is 0 Å². The van der Waals surface area contributed by atoms with Gasteiger partial charge >= 0.3 is 5.97 Å². The van der Waals surface area contributed by atoms with E-state index in [2.05, 4.69) is 0 Å². The Labute approximate surface area is 79.1 Å². The maximum Gasteiger partial charge on any atom is 0.302 e. The third-order valence-electron chi connectivity index (χ3n) is 1.90. The fraction of sp³-hybridized carbons (Fsp3) is 0.400. The molecule has 0 heterocycles. The zero-order valence-electron chi connectivity index (χ0n) is 7.78. The highest BCUT2D eigenvalue weighted by atomic mass is 16.5. The van der Waals surface area contributed by atoms with Crippen LogP contribution >= 0.6 is 0 Å². The minimum absolute atomic E-state index is 0.0199. The number of rotatable bonds is 3. The molecule has 0 unspecified atom stereocenters. The molecule has 71 valence electrons. The summed E-state index contributed by atoms with van der Waals surface area (Å²) >= 11 is 0. The highest BCUT2D eigenvalue weighted by Crippen LogP contribution is 2.36. The Morgan fingerprint density at radius 3 is 2.85 bits per heavy atom. The molecule has 1 rings (SSSR count). The van der Waals surface area contributed by atoms with E-state index >= 15 is 0 Å². The van der Waals surface area contributed by atoms with Gasteiger partial charge in [0.05, 0.1) is 6.61 Å². The standard InChI is InChI=1S/C10H13O3/c1-7(13-8(2)12)10-5-3-4-9(10)6-11/h3-5,7,11H,6H2,1-2H3/t7-/m1/s1. The molecule has 0 aromatic heterocycles. The largest absolute Gasteiger partial charge is 0.462 e. The molecule has 0 spiro atoms. The molecule has 1 aliphatic rings. The molecule has 1 atom stereocenters. The highest BCUT2D eigenvalue weighted by molar-refractivity contribution is 5.66. The number of aliphatic hydroxyl groups is 1. The van der Waals surface area contributed by atoms with Gasteiger partial charge in [0.2, 0.25) is 0 Å². The average molecular weight is 181 g/mol. The number of esters is 1. The highest BCUT2D eigenvalue weighted by Gasteiger charge is 2.34. The van der Waals surface area contributed by atoms with Gasteiger partial charge in [-0.3, -0.25) is 4.79 Å². The van der Waals surface area contributed by atoms with Crippen LogP contribution in [0.5, 0.6) is 0 Å². The van der Waals surface area contributed by atoms with Gasteiger partial charge in [0.1, 0.15) is 6.10 Å². The van der Waals surface area contributed by atoms with E-state index in [1.54, 1.807) is 6.92 Å². The molecule has 1 saturated carbocycles. The van der Waals surface area contributed by atoms with E-state index in [0.717, 1.165) is 11.8 Å². The summed E-state index contributed by atoms with van der Waals surface area (Å²) < 4.78 is 4.99. The van der Waals surface area contributed by atoms with Crippen LogP contribution in [0.1, 0.15) is 13.8 Å². The van der Waals surface area contributed by atoms with Gasteiger partial charge in [0.15, 0.2) is 0 Å². The van der Waals surface area contributed by atoms with Crippen LogP contribution in [0.2, 0.25) is 0 Å². The van der Waals surface area contributed by atoms with Gasteiger partial charge in [-0.05, 0) is 26.2 Å². The van der Waals surface area contributed by atoms with Gasteiger partial charge in [-0.25, -0.2) is 0 Å². The minimum Gasteiger partial charge on any atom is -0.462 e. The molecule has 3 nitrogen and oxygen atoms in total. The van der Waals surface area contributed by atoms with Crippen LogP contribution in [0.3, 0.4) is 0 Å². The first kappa shape index (κ1) is 10.5. The lowest BCUT2D eigenvalue weighted by Crippen LogP contribution is -2.25. The van der Waals surface area contributed by atoms with E-state index in [1.807, 2.05) is 19.3 Å². The Morgan fingerprint density at radius 1 is 1.62 bits per heavy atom. The van der Waals surface area contributed by atoms with E-state index in [4.69, 9.17) is 9.84 Å². The van der Waals surface area contributed by atoms with E-state index in [0.29, 0.717) is 0 Å². The summed E-state index contributed by atoms with van der Waals surface area (Å²) in [5.74, 6) is 1.38. The second-order valence-electron chi connectivity index (χ2n) is 2.92. The normalized spacial score (nSPS) is 21.8. The van der Waals surface area contributed by atoms with Crippen molar-refractivity contribution in [2.75, 3.05) is 6.61 Å². The van der Waals surface area contributed by atoms with E-state index in [9.17, 15) is 4.79 Å². The molecule has 1 N–H and O–H groups in total. The van der Waals surface area contributed by atoms with E-state index in [-0.39, 0.29) is 18.7 Å². The van der Waals surface area contributed by atoms with Crippen molar-refractivity contribution in [3.8, 4) is 0 Å². The summed E-state index contributed by atoms with van der Waals surface area (Å²) in [4.78, 5) is 10.7. The SMILES string of the molecule is CC(=O)O[C@H](C)[C]1[CH][CH][CH][C]1CO. The van der Waals surface area contributed by atoms with Crippen LogP contribution in [-0.4, -0.2) is 23.8 Å². The third-order valence-corrected chi connectivity index (χ3v) is 1.90. The van der Waals surface area contributed by atoms with Gasteiger partial charge in [-0.2, -0.15) is 0 Å². The van der Waals surface area contributed by atoms with Crippen molar-refractivity contribution in [2.45, 2.75) is 20.0 Å². The molecule has 0 amide bonds. The summed E-state index contributed by atoms with van der Waals surface area (Å²) in [5, 5.41) is 8.95. The molecular weight excluding hydrogens is 168 g/mol. The van der Waals surface area contributed by atoms with Gasteiger partial charge in [0, 0.05) is 18.8 Å². The third kappa shape index (κ3) is 2.69. The van der Waals surface area contributed by atoms with Gasteiger partial charge in [0.25, 0.3) is 0 Å². The molecule has 5 radical (unpaired) electrons.